The molecule has 1 aromatic rings. The Bertz CT molecular complexity index is 365. The molecule has 2 nitrogen and oxygen atoms in total. The van der Waals surface area contributed by atoms with Gasteiger partial charge >= 0.3 is 0 Å². The van der Waals surface area contributed by atoms with Crippen LogP contribution in [-0.2, 0) is 10.8 Å². The number of hydrogen-bond acceptors (Lipinski definition) is 2. The minimum absolute atomic E-state index is 0.304. The maximum absolute atomic E-state index is 6.16. The van der Waals surface area contributed by atoms with E-state index in [1.54, 1.807) is 0 Å². The lowest BCUT2D eigenvalue weighted by Gasteiger charge is -2.36. The van der Waals surface area contributed by atoms with Gasteiger partial charge in [0.25, 0.3) is 0 Å². The van der Waals surface area contributed by atoms with Gasteiger partial charge in [-0.15, -0.1) is 0 Å². The maximum Gasteiger partial charge on any atom is 0.191 e. The highest BCUT2D eigenvalue weighted by Gasteiger charge is 2.36. The van der Waals surface area contributed by atoms with Crippen molar-refractivity contribution in [2.45, 2.75) is 58.7 Å². The highest BCUT2D eigenvalue weighted by molar-refractivity contribution is 6.74. The molecule has 0 N–H and O–H groups in total. The van der Waals surface area contributed by atoms with Crippen molar-refractivity contribution in [2.75, 3.05) is 6.61 Å². The average Bonchev–Trinajstić information content (AvgIpc) is 2.25. The van der Waals surface area contributed by atoms with Gasteiger partial charge in [-0.1, -0.05) is 26.8 Å². The van der Waals surface area contributed by atoms with Crippen LogP contribution in [0.1, 0.15) is 38.4 Å². The zero-order chi connectivity index (χ0) is 13.8. The molecule has 0 bridgehead atoms. The summed E-state index contributed by atoms with van der Waals surface area (Å²) in [5.41, 5.74) is 2.38. The lowest BCUT2D eigenvalue weighted by Crippen LogP contribution is -2.41. The van der Waals surface area contributed by atoms with Gasteiger partial charge in [0, 0.05) is 18.5 Å². The van der Waals surface area contributed by atoms with Gasteiger partial charge < -0.3 is 4.43 Å². The highest BCUT2D eigenvalue weighted by Crippen LogP contribution is 2.36. The lowest BCUT2D eigenvalue weighted by molar-refractivity contribution is 0.282. The Morgan fingerprint density at radius 2 is 1.89 bits per heavy atom. The average molecular weight is 265 g/mol. The molecular formula is C15H27NOSi. The summed E-state index contributed by atoms with van der Waals surface area (Å²) in [6.07, 6.45) is 4.11. The zero-order valence-electron chi connectivity index (χ0n) is 12.7. The first-order chi connectivity index (χ1) is 8.22. The van der Waals surface area contributed by atoms with Crippen molar-refractivity contribution in [3.05, 3.63) is 29.6 Å². The molecule has 0 spiro atoms. The van der Waals surface area contributed by atoms with Gasteiger partial charge in [-0.3, -0.25) is 4.98 Å². The van der Waals surface area contributed by atoms with E-state index in [0.29, 0.717) is 5.04 Å². The van der Waals surface area contributed by atoms with E-state index in [0.717, 1.165) is 25.1 Å². The molecule has 1 heterocycles. The second-order valence-corrected chi connectivity index (χ2v) is 11.3. The highest BCUT2D eigenvalue weighted by atomic mass is 28.4. The van der Waals surface area contributed by atoms with Gasteiger partial charge in [0.15, 0.2) is 8.32 Å². The molecule has 0 atom stereocenters. The quantitative estimate of drug-likeness (QED) is 0.583. The number of rotatable bonds is 5. The van der Waals surface area contributed by atoms with Crippen molar-refractivity contribution in [1.82, 2.24) is 4.98 Å². The van der Waals surface area contributed by atoms with Gasteiger partial charge in [-0.05, 0) is 49.5 Å². The van der Waals surface area contributed by atoms with Gasteiger partial charge in [-0.2, -0.15) is 0 Å². The summed E-state index contributed by atoms with van der Waals surface area (Å²) in [6, 6.07) is 4.23. The first kappa shape index (κ1) is 15.4. The van der Waals surface area contributed by atoms with E-state index >= 15 is 0 Å². The normalized spacial score (nSPS) is 12.8. The third kappa shape index (κ3) is 4.54. The van der Waals surface area contributed by atoms with Crippen LogP contribution in [0, 0.1) is 6.92 Å². The molecule has 0 aliphatic rings. The molecule has 1 rings (SSSR count). The number of hydrogen-bond donors (Lipinski definition) is 0. The van der Waals surface area contributed by atoms with Gasteiger partial charge in [-0.25, -0.2) is 0 Å². The second kappa shape index (κ2) is 5.98. The van der Waals surface area contributed by atoms with Crippen molar-refractivity contribution >= 4 is 8.32 Å². The van der Waals surface area contributed by atoms with E-state index in [9.17, 15) is 0 Å². The maximum atomic E-state index is 6.16. The fraction of sp³-hybridized carbons (Fsp3) is 0.667. The molecule has 0 aromatic carbocycles. The predicted octanol–water partition coefficient (Wildman–Crippen LogP) is 4.34. The van der Waals surface area contributed by atoms with E-state index < -0.39 is 8.32 Å². The van der Waals surface area contributed by atoms with Crippen molar-refractivity contribution in [3.8, 4) is 0 Å². The summed E-state index contributed by atoms with van der Waals surface area (Å²) < 4.78 is 6.16. The summed E-state index contributed by atoms with van der Waals surface area (Å²) in [7, 11) is -1.57. The number of nitrogens with zero attached hydrogens (tertiary/aromatic N) is 1. The van der Waals surface area contributed by atoms with Gasteiger partial charge in [0.2, 0.25) is 0 Å². The van der Waals surface area contributed by atoms with Crippen LogP contribution in [0.2, 0.25) is 18.1 Å². The van der Waals surface area contributed by atoms with Crippen LogP contribution in [0.15, 0.2) is 18.3 Å². The van der Waals surface area contributed by atoms with Crippen LogP contribution < -0.4 is 0 Å². The molecule has 102 valence electrons. The van der Waals surface area contributed by atoms with Crippen LogP contribution in [0.5, 0.6) is 0 Å². The van der Waals surface area contributed by atoms with E-state index in [1.165, 1.54) is 5.56 Å². The van der Waals surface area contributed by atoms with E-state index in [4.69, 9.17) is 4.43 Å². The Kier molecular flexibility index (Phi) is 5.11. The monoisotopic (exact) mass is 265 g/mol. The van der Waals surface area contributed by atoms with Crippen molar-refractivity contribution < 1.29 is 4.43 Å². The summed E-state index contributed by atoms with van der Waals surface area (Å²) >= 11 is 0. The van der Waals surface area contributed by atoms with Crippen LogP contribution in [-0.4, -0.2) is 19.9 Å². The molecule has 0 unspecified atom stereocenters. The summed E-state index contributed by atoms with van der Waals surface area (Å²) in [6.45, 7) is 14.3. The fourth-order valence-corrected chi connectivity index (χ4v) is 2.55. The molecule has 18 heavy (non-hydrogen) atoms. The summed E-state index contributed by atoms with van der Waals surface area (Å²) in [5.74, 6) is 0. The minimum Gasteiger partial charge on any atom is -0.417 e. The third-order valence-corrected chi connectivity index (χ3v) is 8.39. The van der Waals surface area contributed by atoms with Gasteiger partial charge in [0.1, 0.15) is 0 Å². The van der Waals surface area contributed by atoms with Crippen LogP contribution in [0.3, 0.4) is 0 Å². The second-order valence-electron chi connectivity index (χ2n) is 6.52. The van der Waals surface area contributed by atoms with Crippen molar-refractivity contribution in [3.63, 3.8) is 0 Å². The molecular weight excluding hydrogens is 238 g/mol. The standard InChI is InChI=1S/C15H27NOSi/c1-13-9-10-14(12-16-13)8-7-11-17-18(5,6)15(2,3)4/h9-10,12H,7-8,11H2,1-6H3. The molecule has 0 amide bonds. The van der Waals surface area contributed by atoms with Crippen molar-refractivity contribution in [1.29, 1.82) is 0 Å². The number of pyridine rings is 1. The molecule has 1 aromatic heterocycles. The molecule has 3 heteroatoms. The van der Waals surface area contributed by atoms with Crippen LogP contribution in [0.25, 0.3) is 0 Å². The Morgan fingerprint density at radius 1 is 1.22 bits per heavy atom. The lowest BCUT2D eigenvalue weighted by atomic mass is 10.1. The summed E-state index contributed by atoms with van der Waals surface area (Å²) in [5, 5.41) is 0.304. The number of aryl methyl sites for hydroxylation is 2. The van der Waals surface area contributed by atoms with E-state index in [2.05, 4.69) is 51.0 Å². The Labute approximate surface area is 113 Å². The number of aromatic nitrogens is 1. The molecule has 0 aliphatic heterocycles. The van der Waals surface area contributed by atoms with Crippen LogP contribution >= 0.6 is 0 Å². The van der Waals surface area contributed by atoms with E-state index in [1.807, 2.05) is 13.1 Å². The molecule has 0 fully saturated rings. The van der Waals surface area contributed by atoms with Crippen molar-refractivity contribution in [2.24, 2.45) is 0 Å². The summed E-state index contributed by atoms with van der Waals surface area (Å²) in [4.78, 5) is 4.31. The molecule has 0 saturated heterocycles. The SMILES string of the molecule is Cc1ccc(CCCO[Si](C)(C)C(C)(C)C)cn1. The minimum atomic E-state index is -1.57. The van der Waals surface area contributed by atoms with E-state index in [-0.39, 0.29) is 0 Å². The molecule has 0 radical (unpaired) electrons. The first-order valence-electron chi connectivity index (χ1n) is 6.78. The smallest absolute Gasteiger partial charge is 0.191 e. The van der Waals surface area contributed by atoms with Gasteiger partial charge in [0.05, 0.1) is 0 Å². The Morgan fingerprint density at radius 3 is 2.39 bits per heavy atom. The Hall–Kier alpha value is -0.673. The third-order valence-electron chi connectivity index (χ3n) is 3.85. The topological polar surface area (TPSA) is 22.1 Å². The predicted molar refractivity (Wildman–Crippen MR) is 80.4 cm³/mol. The Balaban J connectivity index is 2.33. The molecule has 0 saturated carbocycles. The first-order valence-corrected chi connectivity index (χ1v) is 9.69. The van der Waals surface area contributed by atoms with Crippen LogP contribution in [0.4, 0.5) is 0 Å². The fourth-order valence-electron chi connectivity index (χ4n) is 1.47. The largest absolute Gasteiger partial charge is 0.417 e. The molecule has 0 aliphatic carbocycles. The zero-order valence-corrected chi connectivity index (χ0v) is 13.7.